The lowest BCUT2D eigenvalue weighted by atomic mass is 9.56. The molecule has 1 amide bonds. The Morgan fingerprint density at radius 1 is 1.18 bits per heavy atom. The van der Waals surface area contributed by atoms with Gasteiger partial charge in [-0.1, -0.05) is 31.2 Å². The molecule has 3 aliphatic rings. The molecule has 0 radical (unpaired) electrons. The van der Waals surface area contributed by atoms with Crippen molar-refractivity contribution in [1.29, 1.82) is 0 Å². The quantitative estimate of drug-likeness (QED) is 0.368. The first-order chi connectivity index (χ1) is 18.9. The Bertz CT molecular complexity index is 1200. The van der Waals surface area contributed by atoms with Crippen LogP contribution in [0.3, 0.4) is 0 Å². The highest BCUT2D eigenvalue weighted by Gasteiger charge is 2.55. The zero-order chi connectivity index (χ0) is 27.5. The average Bonchev–Trinajstić information content (AvgIpc) is 3.22. The number of hydrogen-bond donors (Lipinski definition) is 0. The molecule has 0 bridgehead atoms. The maximum Gasteiger partial charge on any atom is 0.409 e. The second-order valence-corrected chi connectivity index (χ2v) is 11.3. The van der Waals surface area contributed by atoms with E-state index < -0.39 is 0 Å². The normalized spacial score (nSPS) is 29.9. The summed E-state index contributed by atoms with van der Waals surface area (Å²) in [5, 5.41) is 0. The van der Waals surface area contributed by atoms with Crippen molar-refractivity contribution >= 4 is 18.1 Å². The molecule has 0 unspecified atom stereocenters. The van der Waals surface area contributed by atoms with Gasteiger partial charge in [-0.15, -0.1) is 0 Å². The third-order valence-corrected chi connectivity index (χ3v) is 8.96. The number of carbonyl (C=O) groups excluding carboxylic acids is 2. The highest BCUT2D eigenvalue weighted by Crippen LogP contribution is 2.54. The minimum Gasteiger partial charge on any atom is -0.462 e. The van der Waals surface area contributed by atoms with E-state index in [0.29, 0.717) is 25.0 Å². The van der Waals surface area contributed by atoms with Crippen molar-refractivity contribution < 1.29 is 23.5 Å². The molecule has 5 rings (SSSR count). The molecule has 1 aromatic carbocycles. The number of esters is 1. The minimum atomic E-state index is -0.268. The van der Waals surface area contributed by atoms with Gasteiger partial charge in [-0.05, 0) is 93.5 Å². The van der Waals surface area contributed by atoms with E-state index in [-0.39, 0.29) is 47.8 Å². The monoisotopic (exact) mass is 534 g/mol. The Kier molecular flexibility index (Phi) is 8.34. The number of amides is 1. The number of allylic oxidation sites excluding steroid dienone is 1. The van der Waals surface area contributed by atoms with Gasteiger partial charge < -0.3 is 14.4 Å². The number of ether oxygens (including phenoxy) is 2. The van der Waals surface area contributed by atoms with Crippen molar-refractivity contribution in [2.75, 3.05) is 13.2 Å². The van der Waals surface area contributed by atoms with Crippen molar-refractivity contribution in [3.8, 4) is 11.1 Å². The predicted molar refractivity (Wildman–Crippen MR) is 148 cm³/mol. The third kappa shape index (κ3) is 5.73. The summed E-state index contributed by atoms with van der Waals surface area (Å²) in [7, 11) is 0. The maximum atomic E-state index is 13.7. The Labute approximate surface area is 230 Å². The number of nitrogens with zero attached hydrogens (tertiary/aromatic N) is 2. The summed E-state index contributed by atoms with van der Waals surface area (Å²) >= 11 is 0. The van der Waals surface area contributed by atoms with E-state index in [1.54, 1.807) is 12.3 Å². The van der Waals surface area contributed by atoms with Crippen LogP contribution in [-0.4, -0.2) is 47.2 Å². The van der Waals surface area contributed by atoms with Crippen LogP contribution < -0.4 is 0 Å². The Morgan fingerprint density at radius 2 is 2.03 bits per heavy atom. The number of pyridine rings is 1. The number of fused-ring (bicyclic) bond motifs is 2. The van der Waals surface area contributed by atoms with E-state index in [9.17, 15) is 14.0 Å². The molecule has 39 heavy (non-hydrogen) atoms. The minimum absolute atomic E-state index is 0.0835. The number of carbonyl (C=O) groups is 2. The van der Waals surface area contributed by atoms with Crippen LogP contribution in [0.25, 0.3) is 17.2 Å². The summed E-state index contributed by atoms with van der Waals surface area (Å²) in [5.41, 5.74) is 2.49. The van der Waals surface area contributed by atoms with Crippen LogP contribution in [0.2, 0.25) is 0 Å². The van der Waals surface area contributed by atoms with Crippen LogP contribution in [0.1, 0.15) is 58.6 Å². The van der Waals surface area contributed by atoms with Gasteiger partial charge in [0, 0.05) is 30.3 Å². The van der Waals surface area contributed by atoms with Gasteiger partial charge in [-0.25, -0.2) is 9.18 Å². The molecule has 1 aromatic heterocycles. The number of benzene rings is 1. The molecule has 2 saturated carbocycles. The van der Waals surface area contributed by atoms with Crippen LogP contribution >= 0.6 is 0 Å². The molecule has 208 valence electrons. The molecule has 1 saturated heterocycles. The Hall–Kier alpha value is -3.22. The van der Waals surface area contributed by atoms with Crippen molar-refractivity contribution in [2.24, 2.45) is 29.6 Å². The summed E-state index contributed by atoms with van der Waals surface area (Å²) in [6.07, 6.45) is 10.3. The summed E-state index contributed by atoms with van der Waals surface area (Å²) in [6, 6.07) is 10.6. The first-order valence-corrected chi connectivity index (χ1v) is 14.4. The molecule has 7 atom stereocenters. The molecule has 2 aromatic rings. The fraction of sp³-hybridized carbons (Fsp3) is 0.531. The van der Waals surface area contributed by atoms with Crippen molar-refractivity contribution in [2.45, 2.75) is 65.0 Å². The number of cyclic esters (lactones) is 1. The topological polar surface area (TPSA) is 68.7 Å². The van der Waals surface area contributed by atoms with Crippen LogP contribution in [-0.2, 0) is 14.3 Å². The fourth-order valence-electron chi connectivity index (χ4n) is 7.30. The van der Waals surface area contributed by atoms with Crippen molar-refractivity contribution in [3.05, 3.63) is 60.2 Å². The number of halogens is 1. The Morgan fingerprint density at radius 3 is 2.74 bits per heavy atom. The van der Waals surface area contributed by atoms with E-state index in [0.717, 1.165) is 48.9 Å². The van der Waals surface area contributed by atoms with Gasteiger partial charge in [0.25, 0.3) is 0 Å². The van der Waals surface area contributed by atoms with Crippen LogP contribution in [0.15, 0.2) is 48.7 Å². The molecule has 3 fully saturated rings. The summed E-state index contributed by atoms with van der Waals surface area (Å²) in [5.74, 6) is 0.649. The number of rotatable bonds is 7. The first-order valence-electron chi connectivity index (χ1n) is 14.4. The smallest absolute Gasteiger partial charge is 0.409 e. The molecule has 2 heterocycles. The number of hydrogen-bond acceptors (Lipinski definition) is 5. The van der Waals surface area contributed by atoms with E-state index in [1.165, 1.54) is 12.1 Å². The highest BCUT2D eigenvalue weighted by atomic mass is 19.1. The van der Waals surface area contributed by atoms with Gasteiger partial charge >= 0.3 is 12.1 Å². The molecule has 2 aliphatic carbocycles. The molecule has 1 aliphatic heterocycles. The standard InChI is InChI=1S/C32H39FN2O4/c1-4-15-35(32(37)38-5-2)26-12-14-27-23(17-26)18-29-30(20(3)39-31(29)36)28(27)13-11-25-10-9-22(19-34-25)21-7-6-8-24(33)16-21/h6-11,13,16,19-20,23,26-30H,4-5,12,14-15,17-18H2,1-3H3/b13-11+/t20-,23+,26-,27-,28+,29-,30+/m1/s1. The Balaban J connectivity index is 1.36. The summed E-state index contributed by atoms with van der Waals surface area (Å²) in [4.78, 5) is 32.1. The van der Waals surface area contributed by atoms with Crippen LogP contribution in [0, 0.1) is 35.4 Å². The van der Waals surface area contributed by atoms with E-state index in [1.807, 2.05) is 36.9 Å². The summed E-state index contributed by atoms with van der Waals surface area (Å²) < 4.78 is 24.8. The zero-order valence-electron chi connectivity index (χ0n) is 23.1. The van der Waals surface area contributed by atoms with E-state index in [2.05, 4.69) is 24.1 Å². The lowest BCUT2D eigenvalue weighted by Crippen LogP contribution is -2.50. The second kappa shape index (κ2) is 11.9. The van der Waals surface area contributed by atoms with Gasteiger partial charge in [-0.3, -0.25) is 9.78 Å². The van der Waals surface area contributed by atoms with Crippen LogP contribution in [0.4, 0.5) is 9.18 Å². The van der Waals surface area contributed by atoms with Gasteiger partial charge in [0.2, 0.25) is 0 Å². The van der Waals surface area contributed by atoms with E-state index >= 15 is 0 Å². The van der Waals surface area contributed by atoms with Gasteiger partial charge in [0.05, 0.1) is 18.2 Å². The van der Waals surface area contributed by atoms with E-state index in [4.69, 9.17) is 9.47 Å². The largest absolute Gasteiger partial charge is 0.462 e. The highest BCUT2D eigenvalue weighted by molar-refractivity contribution is 5.76. The molecule has 7 heteroatoms. The van der Waals surface area contributed by atoms with Crippen LogP contribution in [0.5, 0.6) is 0 Å². The lowest BCUT2D eigenvalue weighted by Gasteiger charge is -2.49. The number of aromatic nitrogens is 1. The third-order valence-electron chi connectivity index (χ3n) is 8.96. The molecular weight excluding hydrogens is 495 g/mol. The molecular formula is C32H39FN2O4. The SMILES string of the molecule is CCCN(C(=O)OCC)[C@@H]1CC[C@@H]2[C@@H](C1)C[C@H]1C(=O)O[C@H](C)[C@H]1[C@H]2/C=C/c1ccc(-c2cccc(F)c2)cn1. The van der Waals surface area contributed by atoms with Crippen molar-refractivity contribution in [3.63, 3.8) is 0 Å². The van der Waals surface area contributed by atoms with Crippen molar-refractivity contribution in [1.82, 2.24) is 9.88 Å². The van der Waals surface area contributed by atoms with Gasteiger partial charge in [0.15, 0.2) is 0 Å². The summed E-state index contributed by atoms with van der Waals surface area (Å²) in [6.45, 7) is 7.00. The maximum absolute atomic E-state index is 13.7. The fourth-order valence-corrected chi connectivity index (χ4v) is 7.30. The lowest BCUT2D eigenvalue weighted by molar-refractivity contribution is -0.144. The first kappa shape index (κ1) is 27.4. The molecule has 6 nitrogen and oxygen atoms in total. The molecule has 0 N–H and O–H groups in total. The zero-order valence-corrected chi connectivity index (χ0v) is 23.1. The predicted octanol–water partition coefficient (Wildman–Crippen LogP) is 6.75. The second-order valence-electron chi connectivity index (χ2n) is 11.3. The van der Waals surface area contributed by atoms with Gasteiger partial charge in [0.1, 0.15) is 11.9 Å². The molecule has 0 spiro atoms. The van der Waals surface area contributed by atoms with Gasteiger partial charge in [-0.2, -0.15) is 0 Å². The average molecular weight is 535 g/mol.